The average molecular weight is 237 g/mol. The molecule has 1 aromatic heterocycles. The van der Waals surface area contributed by atoms with Crippen LogP contribution in [-0.2, 0) is 0 Å². The highest BCUT2D eigenvalue weighted by Crippen LogP contribution is 2.34. The second-order valence-electron chi connectivity index (χ2n) is 3.30. The van der Waals surface area contributed by atoms with Crippen LogP contribution in [-0.4, -0.2) is 6.29 Å². The van der Waals surface area contributed by atoms with Crippen LogP contribution in [0, 0.1) is 6.92 Å². The fourth-order valence-electron chi connectivity index (χ4n) is 1.49. The van der Waals surface area contributed by atoms with Crippen LogP contribution >= 0.6 is 22.9 Å². The topological polar surface area (TPSA) is 17.1 Å². The molecular formula is C12H9ClOS. The van der Waals surface area contributed by atoms with E-state index < -0.39 is 0 Å². The van der Waals surface area contributed by atoms with Crippen molar-refractivity contribution in [1.82, 2.24) is 0 Å². The van der Waals surface area contributed by atoms with Gasteiger partial charge >= 0.3 is 0 Å². The van der Waals surface area contributed by atoms with E-state index in [0.29, 0.717) is 5.56 Å². The number of rotatable bonds is 2. The van der Waals surface area contributed by atoms with E-state index in [2.05, 4.69) is 0 Å². The third kappa shape index (κ3) is 1.96. The predicted octanol–water partition coefficient (Wildman–Crippen LogP) is 4.19. The fourth-order valence-corrected chi connectivity index (χ4v) is 2.44. The minimum Gasteiger partial charge on any atom is -0.298 e. The number of halogens is 1. The quantitative estimate of drug-likeness (QED) is 0.715. The van der Waals surface area contributed by atoms with Crippen molar-refractivity contribution in [1.29, 1.82) is 0 Å². The van der Waals surface area contributed by atoms with Crippen LogP contribution in [0.15, 0.2) is 29.6 Å². The van der Waals surface area contributed by atoms with Crippen molar-refractivity contribution in [2.75, 3.05) is 0 Å². The Morgan fingerprint density at radius 2 is 2.07 bits per heavy atom. The van der Waals surface area contributed by atoms with Crippen LogP contribution in [0.5, 0.6) is 0 Å². The van der Waals surface area contributed by atoms with Gasteiger partial charge in [-0.25, -0.2) is 0 Å². The molecule has 3 heteroatoms. The molecule has 0 radical (unpaired) electrons. The lowest BCUT2D eigenvalue weighted by Gasteiger charge is -2.05. The van der Waals surface area contributed by atoms with Crippen molar-refractivity contribution in [2.24, 2.45) is 0 Å². The first-order valence-electron chi connectivity index (χ1n) is 4.51. The van der Waals surface area contributed by atoms with Gasteiger partial charge in [0.25, 0.3) is 0 Å². The summed E-state index contributed by atoms with van der Waals surface area (Å²) in [5.41, 5.74) is 3.84. The number of hydrogen-bond donors (Lipinski definition) is 0. The van der Waals surface area contributed by atoms with E-state index in [9.17, 15) is 4.79 Å². The molecular weight excluding hydrogens is 228 g/mol. The Balaban J connectivity index is 2.61. The van der Waals surface area contributed by atoms with Crippen LogP contribution in [0.2, 0.25) is 4.34 Å². The summed E-state index contributed by atoms with van der Waals surface area (Å²) in [6, 6.07) is 7.60. The van der Waals surface area contributed by atoms with Crippen LogP contribution in [0.1, 0.15) is 15.9 Å². The van der Waals surface area contributed by atoms with Gasteiger partial charge in [0.05, 0.1) is 0 Å². The number of aryl methyl sites for hydroxylation is 1. The van der Waals surface area contributed by atoms with Crippen LogP contribution < -0.4 is 0 Å². The van der Waals surface area contributed by atoms with E-state index in [0.717, 1.165) is 27.3 Å². The molecule has 2 aromatic rings. The number of hydrogen-bond acceptors (Lipinski definition) is 2. The first-order valence-corrected chi connectivity index (χ1v) is 5.77. The van der Waals surface area contributed by atoms with Gasteiger partial charge in [0.1, 0.15) is 10.6 Å². The van der Waals surface area contributed by atoms with Crippen molar-refractivity contribution in [3.63, 3.8) is 0 Å². The van der Waals surface area contributed by atoms with E-state index in [1.807, 2.05) is 36.6 Å². The Morgan fingerprint density at radius 1 is 1.27 bits per heavy atom. The summed E-state index contributed by atoms with van der Waals surface area (Å²) in [7, 11) is 0. The predicted molar refractivity (Wildman–Crippen MR) is 64.9 cm³/mol. The Labute approximate surface area is 97.3 Å². The first-order chi connectivity index (χ1) is 7.22. The van der Waals surface area contributed by atoms with Crippen LogP contribution in [0.25, 0.3) is 11.1 Å². The standard InChI is InChI=1S/C12H9ClOS/c1-8-2-3-9(7-14)6-11(8)10-4-5-15-12(10)13/h2-7H,1H3. The fraction of sp³-hybridized carbons (Fsp3) is 0.0833. The third-order valence-electron chi connectivity index (χ3n) is 2.31. The molecule has 0 aliphatic carbocycles. The van der Waals surface area contributed by atoms with E-state index in [-0.39, 0.29) is 0 Å². The molecule has 0 atom stereocenters. The summed E-state index contributed by atoms with van der Waals surface area (Å²) in [5, 5.41) is 1.95. The van der Waals surface area contributed by atoms with Gasteiger partial charge in [-0.15, -0.1) is 11.3 Å². The summed E-state index contributed by atoms with van der Waals surface area (Å²) in [6.45, 7) is 2.01. The normalized spacial score (nSPS) is 10.3. The number of carbonyl (C=O) groups excluding carboxylic acids is 1. The molecule has 0 aliphatic rings. The van der Waals surface area contributed by atoms with Gasteiger partial charge in [-0.2, -0.15) is 0 Å². The molecule has 0 saturated carbocycles. The van der Waals surface area contributed by atoms with Gasteiger partial charge in [0.15, 0.2) is 0 Å². The van der Waals surface area contributed by atoms with Gasteiger partial charge in [-0.3, -0.25) is 4.79 Å². The lowest BCUT2D eigenvalue weighted by atomic mass is 10.0. The maximum absolute atomic E-state index is 10.7. The Bertz CT molecular complexity index is 502. The van der Waals surface area contributed by atoms with Gasteiger partial charge in [0.2, 0.25) is 0 Å². The molecule has 0 aliphatic heterocycles. The van der Waals surface area contributed by atoms with Gasteiger partial charge in [-0.1, -0.05) is 23.7 Å². The van der Waals surface area contributed by atoms with Crippen LogP contribution in [0.3, 0.4) is 0 Å². The van der Waals surface area contributed by atoms with Crippen molar-refractivity contribution in [2.45, 2.75) is 6.92 Å². The van der Waals surface area contributed by atoms with Crippen molar-refractivity contribution in [3.8, 4) is 11.1 Å². The van der Waals surface area contributed by atoms with Crippen molar-refractivity contribution < 1.29 is 4.79 Å². The largest absolute Gasteiger partial charge is 0.298 e. The maximum atomic E-state index is 10.7. The zero-order valence-electron chi connectivity index (χ0n) is 8.16. The lowest BCUT2D eigenvalue weighted by Crippen LogP contribution is -1.86. The van der Waals surface area contributed by atoms with Gasteiger partial charge < -0.3 is 0 Å². The summed E-state index contributed by atoms with van der Waals surface area (Å²) >= 11 is 7.57. The lowest BCUT2D eigenvalue weighted by molar-refractivity contribution is 0.112. The SMILES string of the molecule is Cc1ccc(C=O)cc1-c1ccsc1Cl. The molecule has 76 valence electrons. The smallest absolute Gasteiger partial charge is 0.150 e. The highest BCUT2D eigenvalue weighted by Gasteiger charge is 2.08. The Morgan fingerprint density at radius 3 is 2.67 bits per heavy atom. The van der Waals surface area contributed by atoms with Crippen molar-refractivity contribution in [3.05, 3.63) is 45.1 Å². The number of benzene rings is 1. The first kappa shape index (κ1) is 10.4. The van der Waals surface area contributed by atoms with Crippen molar-refractivity contribution >= 4 is 29.2 Å². The second-order valence-corrected chi connectivity index (χ2v) is 4.82. The van der Waals surface area contributed by atoms with E-state index in [4.69, 9.17) is 11.6 Å². The van der Waals surface area contributed by atoms with Gasteiger partial charge in [0, 0.05) is 11.1 Å². The molecule has 0 saturated heterocycles. The minimum absolute atomic E-state index is 0.679. The average Bonchev–Trinajstić information content (AvgIpc) is 2.65. The van der Waals surface area contributed by atoms with Gasteiger partial charge in [-0.05, 0) is 35.6 Å². The molecule has 0 N–H and O–H groups in total. The van der Waals surface area contributed by atoms with E-state index in [1.165, 1.54) is 11.3 Å². The molecule has 0 amide bonds. The molecule has 2 rings (SSSR count). The Hall–Kier alpha value is -1.12. The molecule has 0 spiro atoms. The summed E-state index contributed by atoms with van der Waals surface area (Å²) in [5.74, 6) is 0. The summed E-state index contributed by atoms with van der Waals surface area (Å²) < 4.78 is 0.765. The number of thiophene rings is 1. The molecule has 1 aromatic carbocycles. The summed E-state index contributed by atoms with van der Waals surface area (Å²) in [4.78, 5) is 10.7. The number of carbonyl (C=O) groups is 1. The van der Waals surface area contributed by atoms with E-state index >= 15 is 0 Å². The van der Waals surface area contributed by atoms with E-state index in [1.54, 1.807) is 0 Å². The molecule has 1 heterocycles. The summed E-state index contributed by atoms with van der Waals surface area (Å²) in [6.07, 6.45) is 0.850. The zero-order chi connectivity index (χ0) is 10.8. The molecule has 0 bridgehead atoms. The highest BCUT2D eigenvalue weighted by molar-refractivity contribution is 7.15. The van der Waals surface area contributed by atoms with Crippen LogP contribution in [0.4, 0.5) is 0 Å². The molecule has 0 fully saturated rings. The molecule has 0 unspecified atom stereocenters. The third-order valence-corrected chi connectivity index (χ3v) is 3.48. The monoisotopic (exact) mass is 236 g/mol. The Kier molecular flexibility index (Phi) is 2.89. The molecule has 1 nitrogen and oxygen atoms in total. The minimum atomic E-state index is 0.679. The number of aldehydes is 1. The maximum Gasteiger partial charge on any atom is 0.150 e. The zero-order valence-corrected chi connectivity index (χ0v) is 9.73. The molecule has 15 heavy (non-hydrogen) atoms. The highest BCUT2D eigenvalue weighted by atomic mass is 35.5. The second kappa shape index (κ2) is 4.17.